The lowest BCUT2D eigenvalue weighted by Crippen LogP contribution is -2.34. The van der Waals surface area contributed by atoms with Crippen molar-refractivity contribution in [1.29, 1.82) is 0 Å². The van der Waals surface area contributed by atoms with Gasteiger partial charge in [-0.25, -0.2) is 0 Å². The number of rotatable bonds is 1. The van der Waals surface area contributed by atoms with E-state index in [1.54, 1.807) is 6.92 Å². The van der Waals surface area contributed by atoms with E-state index < -0.39 is 0 Å². The van der Waals surface area contributed by atoms with Crippen LogP contribution in [0.2, 0.25) is 0 Å². The topological polar surface area (TPSA) is 40.6 Å². The van der Waals surface area contributed by atoms with E-state index in [0.717, 1.165) is 50.0 Å². The van der Waals surface area contributed by atoms with Gasteiger partial charge in [-0.05, 0) is 24.5 Å². The Morgan fingerprint density at radius 2 is 1.65 bits per heavy atom. The Bertz CT molecular complexity index is 542. The second kappa shape index (κ2) is 8.70. The van der Waals surface area contributed by atoms with Crippen LogP contribution in [0, 0.1) is 0 Å². The minimum absolute atomic E-state index is 0.0721. The van der Waals surface area contributed by atoms with Gasteiger partial charge in [0.05, 0.1) is 0 Å². The van der Waals surface area contributed by atoms with Crippen molar-refractivity contribution in [3.63, 3.8) is 0 Å². The van der Waals surface area contributed by atoms with Crippen LogP contribution in [-0.4, -0.2) is 29.8 Å². The number of carbonyl (C=O) groups is 2. The normalized spacial score (nSPS) is 17.0. The van der Waals surface area contributed by atoms with Crippen LogP contribution in [0.3, 0.4) is 0 Å². The van der Waals surface area contributed by atoms with Crippen LogP contribution >= 0.6 is 0 Å². The third kappa shape index (κ3) is 4.81. The molecule has 1 aliphatic heterocycles. The highest BCUT2D eigenvalue weighted by Crippen LogP contribution is 2.24. The average molecular weight is 316 g/mol. The lowest BCUT2D eigenvalue weighted by atomic mass is 10.1. The molecule has 1 heterocycles. The standard InChI is InChI=1S/C19H28N2O2/c1-3-19(23)20-13-9-5-4-6-10-14-21(16(2)22)18-12-8-7-11-17(18)15-20/h7-8,11-12H,3-6,9-10,13-15H2,1-2H3. The van der Waals surface area contributed by atoms with Gasteiger partial charge in [-0.3, -0.25) is 9.59 Å². The fraction of sp³-hybridized carbons (Fsp3) is 0.579. The zero-order valence-corrected chi connectivity index (χ0v) is 14.4. The Kier molecular flexibility index (Phi) is 6.63. The summed E-state index contributed by atoms with van der Waals surface area (Å²) in [4.78, 5) is 28.2. The van der Waals surface area contributed by atoms with Crippen molar-refractivity contribution in [3.8, 4) is 0 Å². The first-order valence-corrected chi connectivity index (χ1v) is 8.77. The molecule has 2 rings (SSSR count). The number of para-hydroxylation sites is 1. The second-order valence-electron chi connectivity index (χ2n) is 6.24. The Morgan fingerprint density at radius 3 is 2.35 bits per heavy atom. The van der Waals surface area contributed by atoms with Gasteiger partial charge in [-0.15, -0.1) is 0 Å². The number of amides is 2. The van der Waals surface area contributed by atoms with Gasteiger partial charge in [0.25, 0.3) is 0 Å². The molecule has 0 fully saturated rings. The predicted molar refractivity (Wildman–Crippen MR) is 93.3 cm³/mol. The summed E-state index contributed by atoms with van der Waals surface area (Å²) in [5.41, 5.74) is 2.01. The maximum atomic E-state index is 12.3. The van der Waals surface area contributed by atoms with Crippen LogP contribution in [0.5, 0.6) is 0 Å². The molecule has 0 aliphatic carbocycles. The van der Waals surface area contributed by atoms with Gasteiger partial charge >= 0.3 is 0 Å². The fourth-order valence-electron chi connectivity index (χ4n) is 3.18. The molecule has 0 radical (unpaired) electrons. The first-order chi connectivity index (χ1) is 11.1. The highest BCUT2D eigenvalue weighted by Gasteiger charge is 2.19. The molecule has 4 nitrogen and oxygen atoms in total. The lowest BCUT2D eigenvalue weighted by Gasteiger charge is -2.28. The van der Waals surface area contributed by atoms with Crippen molar-refractivity contribution in [1.82, 2.24) is 4.90 Å². The molecule has 126 valence electrons. The Hall–Kier alpha value is -1.84. The summed E-state index contributed by atoms with van der Waals surface area (Å²) in [6.07, 6.45) is 6.07. The second-order valence-corrected chi connectivity index (χ2v) is 6.24. The number of hydrogen-bond acceptors (Lipinski definition) is 2. The van der Waals surface area contributed by atoms with Gasteiger partial charge in [0.15, 0.2) is 0 Å². The van der Waals surface area contributed by atoms with E-state index in [4.69, 9.17) is 0 Å². The lowest BCUT2D eigenvalue weighted by molar-refractivity contribution is -0.131. The maximum absolute atomic E-state index is 12.3. The van der Waals surface area contributed by atoms with E-state index in [1.807, 2.05) is 41.0 Å². The monoisotopic (exact) mass is 316 g/mol. The van der Waals surface area contributed by atoms with Gasteiger partial charge in [-0.1, -0.05) is 44.4 Å². The molecule has 0 unspecified atom stereocenters. The number of fused-ring (bicyclic) bond motifs is 1. The van der Waals surface area contributed by atoms with Gasteiger partial charge in [0, 0.05) is 38.7 Å². The number of nitrogens with zero attached hydrogens (tertiary/aromatic N) is 2. The van der Waals surface area contributed by atoms with Crippen LogP contribution in [0.15, 0.2) is 24.3 Å². The summed E-state index contributed by atoms with van der Waals surface area (Å²) >= 11 is 0. The molecule has 0 bridgehead atoms. The third-order valence-electron chi connectivity index (χ3n) is 4.49. The first-order valence-electron chi connectivity index (χ1n) is 8.77. The van der Waals surface area contributed by atoms with Crippen LogP contribution in [0.25, 0.3) is 0 Å². The maximum Gasteiger partial charge on any atom is 0.223 e. The number of benzene rings is 1. The molecule has 0 atom stereocenters. The molecule has 1 aromatic rings. The summed E-state index contributed by atoms with van der Waals surface area (Å²) < 4.78 is 0. The van der Waals surface area contributed by atoms with E-state index in [9.17, 15) is 9.59 Å². The van der Waals surface area contributed by atoms with E-state index in [1.165, 1.54) is 6.42 Å². The van der Waals surface area contributed by atoms with Crippen molar-refractivity contribution in [2.75, 3.05) is 18.0 Å². The summed E-state index contributed by atoms with van der Waals surface area (Å²) in [5.74, 6) is 0.258. The molecule has 0 saturated carbocycles. The Labute approximate surface area is 139 Å². The van der Waals surface area contributed by atoms with Crippen molar-refractivity contribution >= 4 is 17.5 Å². The van der Waals surface area contributed by atoms with Gasteiger partial charge in [0.1, 0.15) is 0 Å². The third-order valence-corrected chi connectivity index (χ3v) is 4.49. The molecule has 23 heavy (non-hydrogen) atoms. The average Bonchev–Trinajstić information content (AvgIpc) is 2.54. The quantitative estimate of drug-likeness (QED) is 0.792. The van der Waals surface area contributed by atoms with E-state index in [2.05, 4.69) is 0 Å². The van der Waals surface area contributed by atoms with Crippen molar-refractivity contribution in [3.05, 3.63) is 29.8 Å². The van der Waals surface area contributed by atoms with Crippen molar-refractivity contribution < 1.29 is 9.59 Å². The van der Waals surface area contributed by atoms with Gasteiger partial charge in [0.2, 0.25) is 11.8 Å². The van der Waals surface area contributed by atoms with Crippen LogP contribution in [0.1, 0.15) is 57.9 Å². The highest BCUT2D eigenvalue weighted by molar-refractivity contribution is 5.92. The number of hydrogen-bond donors (Lipinski definition) is 0. The summed E-state index contributed by atoms with van der Waals surface area (Å²) in [5, 5.41) is 0. The largest absolute Gasteiger partial charge is 0.338 e. The van der Waals surface area contributed by atoms with E-state index in [0.29, 0.717) is 13.0 Å². The SMILES string of the molecule is CCC(=O)N1CCCCCCCN(C(C)=O)c2ccccc2C1. The molecule has 1 aromatic carbocycles. The minimum Gasteiger partial charge on any atom is -0.338 e. The Balaban J connectivity index is 2.33. The zero-order valence-electron chi connectivity index (χ0n) is 14.4. The van der Waals surface area contributed by atoms with Crippen LogP contribution in [0.4, 0.5) is 5.69 Å². The molecule has 0 spiro atoms. The summed E-state index contributed by atoms with van der Waals surface area (Å²) in [6, 6.07) is 7.98. The molecule has 2 amide bonds. The summed E-state index contributed by atoms with van der Waals surface area (Å²) in [6.45, 7) is 5.69. The first kappa shape index (κ1) is 17.5. The van der Waals surface area contributed by atoms with Crippen LogP contribution in [-0.2, 0) is 16.1 Å². The van der Waals surface area contributed by atoms with E-state index in [-0.39, 0.29) is 11.8 Å². The molecule has 0 saturated heterocycles. The van der Waals surface area contributed by atoms with Crippen LogP contribution < -0.4 is 4.90 Å². The van der Waals surface area contributed by atoms with Gasteiger partial charge in [-0.2, -0.15) is 0 Å². The molecule has 0 N–H and O–H groups in total. The van der Waals surface area contributed by atoms with Crippen molar-refractivity contribution in [2.24, 2.45) is 0 Å². The molecule has 4 heteroatoms. The molecular weight excluding hydrogens is 288 g/mol. The summed E-state index contributed by atoms with van der Waals surface area (Å²) in [7, 11) is 0. The molecule has 0 aromatic heterocycles. The zero-order chi connectivity index (χ0) is 16.7. The molecule has 1 aliphatic rings. The predicted octanol–water partition coefficient (Wildman–Crippen LogP) is 3.74. The molecular formula is C19H28N2O2. The van der Waals surface area contributed by atoms with Gasteiger partial charge < -0.3 is 9.80 Å². The van der Waals surface area contributed by atoms with Crippen molar-refractivity contribution in [2.45, 2.75) is 58.9 Å². The number of anilines is 1. The smallest absolute Gasteiger partial charge is 0.223 e. The highest BCUT2D eigenvalue weighted by atomic mass is 16.2. The Morgan fingerprint density at radius 1 is 1.00 bits per heavy atom. The minimum atomic E-state index is 0.0721. The number of carbonyl (C=O) groups excluding carboxylic acids is 2. The van der Waals surface area contributed by atoms with E-state index >= 15 is 0 Å². The fourth-order valence-corrected chi connectivity index (χ4v) is 3.18.